The van der Waals surface area contributed by atoms with Crippen LogP contribution in [0, 0.1) is 63.1 Å². The van der Waals surface area contributed by atoms with Crippen LogP contribution in [0.4, 0.5) is 0 Å². The minimum Gasteiger partial charge on any atom is -0.425 e. The lowest BCUT2D eigenvalue weighted by molar-refractivity contribution is -0.156. The van der Waals surface area contributed by atoms with E-state index in [4.69, 9.17) is 4.42 Å². The smallest absolute Gasteiger partial charge is 0.222 e. The maximum atomic E-state index is 13.3. The number of nitrogens with zero attached hydrogens (tertiary/aromatic N) is 3. The SMILES string of the molecule is CC(=O)C[C@@H]1[C@@]2(C)C=C(C#N)C(=O)C(C)(C)[C@@H]2CC[C@@]1(C)C(C)(C)CC[C@@]1(c2nnc(C)o2)CCC(C)(C)CC1C. The summed E-state index contributed by atoms with van der Waals surface area (Å²) in [5.74, 6) is 2.01. The van der Waals surface area contributed by atoms with Crippen LogP contribution in [0.25, 0.3) is 0 Å². The quantitative estimate of drug-likeness (QED) is 0.331. The molecule has 0 bridgehead atoms. The highest BCUT2D eigenvalue weighted by molar-refractivity contribution is 6.04. The lowest BCUT2D eigenvalue weighted by Crippen LogP contribution is -2.60. The fourth-order valence-electron chi connectivity index (χ4n) is 9.75. The molecule has 2 saturated carbocycles. The Morgan fingerprint density at radius 2 is 1.78 bits per heavy atom. The molecule has 0 saturated heterocycles. The number of allylic oxidation sites excluding steroid dienone is 2. The molecule has 226 valence electrons. The molecule has 0 N–H and O–H groups in total. The second-order valence-corrected chi connectivity index (χ2v) is 16.5. The predicted octanol–water partition coefficient (Wildman–Crippen LogP) is 8.35. The molecule has 3 aliphatic carbocycles. The standard InChI is InChI=1S/C35H53N3O3/c1-22-19-30(4,5)14-16-35(22,29-38-37-24(3)41-29)17-15-31(6,7)34(11)13-12-26-32(8,9)28(40)25(21-36)20-33(26,10)27(34)18-23(2)39/h20,22,26-27H,12-19H2,1-11H3/t22?,26-,27+,33-,34+,35-/m0/s1. The minimum absolute atomic E-state index is 0.0151. The Balaban J connectivity index is 1.75. The molecule has 6 atom stereocenters. The van der Waals surface area contributed by atoms with Crippen LogP contribution >= 0.6 is 0 Å². The lowest BCUT2D eigenvalue weighted by atomic mass is 9.39. The molecule has 6 nitrogen and oxygen atoms in total. The predicted molar refractivity (Wildman–Crippen MR) is 161 cm³/mol. The summed E-state index contributed by atoms with van der Waals surface area (Å²) in [5, 5.41) is 18.8. The highest BCUT2D eigenvalue weighted by Crippen LogP contribution is 2.68. The number of hydrogen-bond donors (Lipinski definition) is 0. The molecule has 0 aromatic carbocycles. The maximum Gasteiger partial charge on any atom is 0.222 e. The van der Waals surface area contributed by atoms with Crippen molar-refractivity contribution in [2.24, 2.45) is 44.8 Å². The number of Topliss-reactive ketones (excluding diaryl/α,β-unsaturated/α-hetero) is 2. The van der Waals surface area contributed by atoms with Crippen molar-refractivity contribution in [1.82, 2.24) is 10.2 Å². The molecule has 3 aliphatic rings. The fraction of sp³-hybridized carbons (Fsp3) is 0.800. The van der Waals surface area contributed by atoms with Gasteiger partial charge in [0.1, 0.15) is 11.9 Å². The van der Waals surface area contributed by atoms with Gasteiger partial charge in [0.2, 0.25) is 11.8 Å². The van der Waals surface area contributed by atoms with E-state index < -0.39 is 10.8 Å². The Labute approximate surface area is 248 Å². The molecule has 0 radical (unpaired) electrons. The van der Waals surface area contributed by atoms with Crippen molar-refractivity contribution in [3.63, 3.8) is 0 Å². The summed E-state index contributed by atoms with van der Waals surface area (Å²) in [6, 6.07) is 2.22. The molecule has 1 aromatic rings. The number of aromatic nitrogens is 2. The van der Waals surface area contributed by atoms with Crippen LogP contribution in [0.2, 0.25) is 0 Å². The summed E-state index contributed by atoms with van der Waals surface area (Å²) >= 11 is 0. The first-order chi connectivity index (χ1) is 18.8. The van der Waals surface area contributed by atoms with E-state index in [0.717, 1.165) is 50.8 Å². The average Bonchev–Trinajstić information content (AvgIpc) is 3.29. The molecule has 1 aromatic heterocycles. The van der Waals surface area contributed by atoms with Crippen LogP contribution in [0.5, 0.6) is 0 Å². The van der Waals surface area contributed by atoms with Crippen LogP contribution in [0.15, 0.2) is 16.1 Å². The molecule has 0 spiro atoms. The van der Waals surface area contributed by atoms with Crippen LogP contribution < -0.4 is 0 Å². The van der Waals surface area contributed by atoms with Crippen molar-refractivity contribution < 1.29 is 14.0 Å². The van der Waals surface area contributed by atoms with E-state index in [2.05, 4.69) is 64.7 Å². The molecule has 0 amide bonds. The van der Waals surface area contributed by atoms with Gasteiger partial charge in [-0.3, -0.25) is 4.79 Å². The summed E-state index contributed by atoms with van der Waals surface area (Å²) in [6.45, 7) is 24.0. The Morgan fingerprint density at radius 1 is 1.12 bits per heavy atom. The summed E-state index contributed by atoms with van der Waals surface area (Å²) in [7, 11) is 0. The van der Waals surface area contributed by atoms with Crippen LogP contribution in [-0.2, 0) is 15.0 Å². The van der Waals surface area contributed by atoms with Crippen molar-refractivity contribution in [2.75, 3.05) is 0 Å². The number of carbonyl (C=O) groups is 2. The van der Waals surface area contributed by atoms with Gasteiger partial charge in [-0.1, -0.05) is 68.4 Å². The third kappa shape index (κ3) is 5.04. The van der Waals surface area contributed by atoms with Gasteiger partial charge in [0.05, 0.1) is 11.0 Å². The van der Waals surface area contributed by atoms with E-state index in [0.29, 0.717) is 18.2 Å². The maximum absolute atomic E-state index is 13.3. The second kappa shape index (κ2) is 10.2. The summed E-state index contributed by atoms with van der Waals surface area (Å²) < 4.78 is 6.18. The molecule has 0 aliphatic heterocycles. The van der Waals surface area contributed by atoms with Gasteiger partial charge in [0.15, 0.2) is 5.78 Å². The van der Waals surface area contributed by atoms with E-state index in [1.807, 2.05) is 26.8 Å². The highest BCUT2D eigenvalue weighted by atomic mass is 16.4. The van der Waals surface area contributed by atoms with E-state index in [1.54, 1.807) is 6.92 Å². The third-order valence-corrected chi connectivity index (χ3v) is 12.7. The molecular formula is C35H53N3O3. The monoisotopic (exact) mass is 563 g/mol. The van der Waals surface area contributed by atoms with Gasteiger partial charge in [-0.2, -0.15) is 5.26 Å². The molecular weight excluding hydrogens is 510 g/mol. The van der Waals surface area contributed by atoms with Crippen LogP contribution in [0.1, 0.15) is 132 Å². The molecule has 2 fully saturated rings. The van der Waals surface area contributed by atoms with E-state index in [1.165, 1.54) is 0 Å². The first-order valence-electron chi connectivity index (χ1n) is 15.7. The largest absolute Gasteiger partial charge is 0.425 e. The van der Waals surface area contributed by atoms with Crippen molar-refractivity contribution >= 4 is 11.6 Å². The molecule has 4 rings (SSSR count). The minimum atomic E-state index is -0.640. The zero-order valence-corrected chi connectivity index (χ0v) is 27.5. The summed E-state index contributed by atoms with van der Waals surface area (Å²) in [4.78, 5) is 26.2. The number of hydrogen-bond acceptors (Lipinski definition) is 6. The van der Waals surface area contributed by atoms with Gasteiger partial charge in [-0.25, -0.2) is 0 Å². The van der Waals surface area contributed by atoms with Crippen molar-refractivity contribution in [3.8, 4) is 6.07 Å². The second-order valence-electron chi connectivity index (χ2n) is 16.5. The van der Waals surface area contributed by atoms with E-state index in [9.17, 15) is 14.9 Å². The molecule has 41 heavy (non-hydrogen) atoms. The normalized spacial score (nSPS) is 36.7. The highest BCUT2D eigenvalue weighted by Gasteiger charge is 2.63. The first kappa shape index (κ1) is 31.6. The number of aryl methyl sites for hydroxylation is 1. The third-order valence-electron chi connectivity index (χ3n) is 12.7. The van der Waals surface area contributed by atoms with Gasteiger partial charge < -0.3 is 9.21 Å². The number of carbonyl (C=O) groups excluding carboxylic acids is 2. The van der Waals surface area contributed by atoms with Crippen molar-refractivity contribution in [1.29, 1.82) is 5.26 Å². The number of rotatable bonds is 7. The number of nitriles is 1. The number of fused-ring (bicyclic) bond motifs is 1. The van der Waals surface area contributed by atoms with Crippen molar-refractivity contribution in [2.45, 2.75) is 133 Å². The fourth-order valence-corrected chi connectivity index (χ4v) is 9.75. The van der Waals surface area contributed by atoms with Gasteiger partial charge >= 0.3 is 0 Å². The van der Waals surface area contributed by atoms with Gasteiger partial charge in [-0.15, -0.1) is 10.2 Å². The Morgan fingerprint density at radius 3 is 2.32 bits per heavy atom. The Hall–Kier alpha value is -2.29. The Kier molecular flexibility index (Phi) is 7.84. The Bertz CT molecular complexity index is 1280. The average molecular weight is 564 g/mol. The summed E-state index contributed by atoms with van der Waals surface area (Å²) in [5.41, 5.74) is -0.998. The molecule has 1 heterocycles. The van der Waals surface area contributed by atoms with Crippen LogP contribution in [0.3, 0.4) is 0 Å². The zero-order chi connectivity index (χ0) is 30.8. The summed E-state index contributed by atoms with van der Waals surface area (Å²) in [6.07, 6.45) is 9.42. The topological polar surface area (TPSA) is 96.8 Å². The lowest BCUT2D eigenvalue weighted by Gasteiger charge is -2.64. The molecule has 6 heteroatoms. The van der Waals surface area contributed by atoms with Gasteiger partial charge in [-0.05, 0) is 91.3 Å². The van der Waals surface area contributed by atoms with Gasteiger partial charge in [0, 0.05) is 18.8 Å². The molecule has 1 unspecified atom stereocenters. The number of ketones is 2. The van der Waals surface area contributed by atoms with Crippen molar-refractivity contribution in [3.05, 3.63) is 23.4 Å². The van der Waals surface area contributed by atoms with E-state index >= 15 is 0 Å². The van der Waals surface area contributed by atoms with Crippen LogP contribution in [-0.4, -0.2) is 21.8 Å². The zero-order valence-electron chi connectivity index (χ0n) is 27.5. The first-order valence-corrected chi connectivity index (χ1v) is 15.7. The van der Waals surface area contributed by atoms with E-state index in [-0.39, 0.29) is 50.6 Å². The van der Waals surface area contributed by atoms with Gasteiger partial charge in [0.25, 0.3) is 0 Å².